The van der Waals surface area contributed by atoms with Crippen molar-refractivity contribution in [1.29, 1.82) is 0 Å². The molecule has 0 radical (unpaired) electrons. The average Bonchev–Trinajstić information content (AvgIpc) is 2.41. The fourth-order valence-electron chi connectivity index (χ4n) is 1.87. The maximum Gasteiger partial charge on any atom is 0.124 e. The molecule has 0 saturated heterocycles. The second-order valence-corrected chi connectivity index (χ2v) is 3.59. The Morgan fingerprint density at radius 1 is 0.882 bits per heavy atom. The van der Waals surface area contributed by atoms with E-state index in [0.29, 0.717) is 5.82 Å². The van der Waals surface area contributed by atoms with Gasteiger partial charge in [0.25, 0.3) is 0 Å². The molecule has 0 aliphatic heterocycles. The van der Waals surface area contributed by atoms with Gasteiger partial charge in [0.2, 0.25) is 0 Å². The number of aromatic nitrogens is 1. The largest absolute Gasteiger partial charge is 0.384 e. The summed E-state index contributed by atoms with van der Waals surface area (Å²) in [6.07, 6.45) is 0. The van der Waals surface area contributed by atoms with Gasteiger partial charge in [-0.1, -0.05) is 36.4 Å². The van der Waals surface area contributed by atoms with Crippen molar-refractivity contribution in [3.8, 4) is 0 Å². The third-order valence-corrected chi connectivity index (χ3v) is 2.61. The van der Waals surface area contributed by atoms with Crippen LogP contribution >= 0.6 is 0 Å². The van der Waals surface area contributed by atoms with Crippen LogP contribution in [0.15, 0.2) is 48.5 Å². The molecule has 84 valence electrons. The lowest BCUT2D eigenvalue weighted by Crippen LogP contribution is -1.90. The highest BCUT2D eigenvalue weighted by molar-refractivity contribution is 6.05. The Bertz CT molecular complexity index is 664. The van der Waals surface area contributed by atoms with Crippen LogP contribution in [0.25, 0.3) is 21.7 Å². The molecule has 3 heteroatoms. The van der Waals surface area contributed by atoms with Crippen molar-refractivity contribution in [3.05, 3.63) is 48.5 Å². The van der Waals surface area contributed by atoms with Crippen LogP contribution in [-0.2, 0) is 4.79 Å². The number of nitrogens with two attached hydrogens (primary N) is 1. The number of nitrogen functional groups attached to an aromatic ring is 1. The quantitative estimate of drug-likeness (QED) is 0.597. The van der Waals surface area contributed by atoms with E-state index >= 15 is 0 Å². The summed E-state index contributed by atoms with van der Waals surface area (Å²) in [7, 11) is 0. The molecule has 0 aliphatic rings. The Labute approximate surface area is 98.9 Å². The monoisotopic (exact) mass is 224 g/mol. The molecule has 1 heterocycles. The molecular formula is C14H12N2O. The number of carbonyl (C=O) groups is 1. The van der Waals surface area contributed by atoms with E-state index in [0.717, 1.165) is 16.3 Å². The first kappa shape index (κ1) is 11.1. The summed E-state index contributed by atoms with van der Waals surface area (Å²) in [6.45, 7) is 2.00. The number of fused-ring (bicyclic) bond motifs is 3. The molecule has 1 aromatic heterocycles. The van der Waals surface area contributed by atoms with Crippen molar-refractivity contribution in [3.63, 3.8) is 0 Å². The lowest BCUT2D eigenvalue weighted by molar-refractivity contribution is -0.0979. The number of hydrogen-bond acceptors (Lipinski definition) is 3. The van der Waals surface area contributed by atoms with Crippen LogP contribution in [0.2, 0.25) is 0 Å². The summed E-state index contributed by atoms with van der Waals surface area (Å²) >= 11 is 0. The Balaban J connectivity index is 0.000000514. The van der Waals surface area contributed by atoms with Crippen LogP contribution in [0.1, 0.15) is 0 Å². The van der Waals surface area contributed by atoms with E-state index in [9.17, 15) is 0 Å². The maximum absolute atomic E-state index is 8.00. The van der Waals surface area contributed by atoms with Crippen LogP contribution < -0.4 is 5.73 Å². The van der Waals surface area contributed by atoms with Gasteiger partial charge in [-0.25, -0.2) is 4.98 Å². The molecule has 0 saturated carbocycles. The van der Waals surface area contributed by atoms with Crippen LogP contribution in [0.4, 0.5) is 5.82 Å². The Morgan fingerprint density at radius 2 is 1.53 bits per heavy atom. The number of carbonyl (C=O) groups excluding carboxylic acids is 1. The SMILES string of the molecule is C=O.Nc1ccc2ccc3ccccc3c2n1. The molecular weight excluding hydrogens is 212 g/mol. The fraction of sp³-hybridized carbons (Fsp3) is 0. The third-order valence-electron chi connectivity index (χ3n) is 2.61. The highest BCUT2D eigenvalue weighted by Crippen LogP contribution is 2.24. The van der Waals surface area contributed by atoms with Gasteiger partial charge in [0, 0.05) is 10.8 Å². The average molecular weight is 224 g/mol. The highest BCUT2D eigenvalue weighted by atomic mass is 16.1. The van der Waals surface area contributed by atoms with Crippen LogP contribution in [0.3, 0.4) is 0 Å². The van der Waals surface area contributed by atoms with Crippen LogP contribution in [0, 0.1) is 0 Å². The van der Waals surface area contributed by atoms with Crippen molar-refractivity contribution in [2.75, 3.05) is 5.73 Å². The predicted octanol–water partition coefficient (Wildman–Crippen LogP) is 2.79. The van der Waals surface area contributed by atoms with E-state index in [4.69, 9.17) is 10.5 Å². The lowest BCUT2D eigenvalue weighted by atomic mass is 10.1. The smallest absolute Gasteiger partial charge is 0.124 e. The van der Waals surface area contributed by atoms with Gasteiger partial charge in [0.1, 0.15) is 12.6 Å². The number of pyridine rings is 1. The molecule has 3 nitrogen and oxygen atoms in total. The predicted molar refractivity (Wildman–Crippen MR) is 70.8 cm³/mol. The summed E-state index contributed by atoms with van der Waals surface area (Å²) < 4.78 is 0. The summed E-state index contributed by atoms with van der Waals surface area (Å²) in [5, 5.41) is 3.48. The minimum absolute atomic E-state index is 0.568. The number of hydrogen-bond donors (Lipinski definition) is 1. The van der Waals surface area contributed by atoms with Crippen LogP contribution in [0.5, 0.6) is 0 Å². The molecule has 0 unspecified atom stereocenters. The Morgan fingerprint density at radius 3 is 2.35 bits per heavy atom. The summed E-state index contributed by atoms with van der Waals surface area (Å²) in [4.78, 5) is 12.4. The standard InChI is InChI=1S/C13H10N2.CH2O/c14-12-8-7-10-6-5-9-3-1-2-4-11(9)13(10)15-12;1-2/h1-8H,(H2,14,15);1H2. The number of nitrogens with zero attached hydrogens (tertiary/aromatic N) is 1. The zero-order valence-electron chi connectivity index (χ0n) is 9.26. The van der Waals surface area contributed by atoms with E-state index < -0.39 is 0 Å². The fourth-order valence-corrected chi connectivity index (χ4v) is 1.87. The van der Waals surface area contributed by atoms with Gasteiger partial charge < -0.3 is 10.5 Å². The van der Waals surface area contributed by atoms with Gasteiger partial charge >= 0.3 is 0 Å². The van der Waals surface area contributed by atoms with Crippen molar-refractivity contribution in [2.45, 2.75) is 0 Å². The van der Waals surface area contributed by atoms with Gasteiger partial charge in [-0.15, -0.1) is 0 Å². The number of rotatable bonds is 0. The zero-order valence-corrected chi connectivity index (χ0v) is 9.26. The van der Waals surface area contributed by atoms with Gasteiger partial charge in [0.15, 0.2) is 0 Å². The molecule has 0 amide bonds. The molecule has 0 atom stereocenters. The third kappa shape index (κ3) is 1.95. The molecule has 2 N–H and O–H groups in total. The highest BCUT2D eigenvalue weighted by Gasteiger charge is 2.00. The summed E-state index contributed by atoms with van der Waals surface area (Å²) in [5.74, 6) is 0.568. The van der Waals surface area contributed by atoms with Crippen molar-refractivity contribution in [1.82, 2.24) is 4.98 Å². The van der Waals surface area contributed by atoms with Crippen molar-refractivity contribution < 1.29 is 4.79 Å². The van der Waals surface area contributed by atoms with E-state index in [2.05, 4.69) is 29.2 Å². The van der Waals surface area contributed by atoms with Crippen molar-refractivity contribution in [2.24, 2.45) is 0 Å². The maximum atomic E-state index is 8.00. The second-order valence-electron chi connectivity index (χ2n) is 3.59. The van der Waals surface area contributed by atoms with Crippen LogP contribution in [-0.4, -0.2) is 11.8 Å². The first-order chi connectivity index (χ1) is 8.34. The molecule has 3 aromatic rings. The number of benzene rings is 2. The zero-order chi connectivity index (χ0) is 12.3. The molecule has 2 aromatic carbocycles. The summed E-state index contributed by atoms with van der Waals surface area (Å²) in [6, 6.07) is 16.2. The Kier molecular flexibility index (Phi) is 3.01. The van der Waals surface area contributed by atoms with E-state index in [1.807, 2.05) is 31.1 Å². The van der Waals surface area contributed by atoms with Gasteiger partial charge in [0.05, 0.1) is 5.52 Å². The van der Waals surface area contributed by atoms with E-state index in [1.54, 1.807) is 0 Å². The molecule has 0 fully saturated rings. The summed E-state index contributed by atoms with van der Waals surface area (Å²) in [5.41, 5.74) is 6.68. The van der Waals surface area contributed by atoms with Gasteiger partial charge in [-0.05, 0) is 17.5 Å². The van der Waals surface area contributed by atoms with Crippen molar-refractivity contribution >= 4 is 34.3 Å². The minimum atomic E-state index is 0.568. The topological polar surface area (TPSA) is 56.0 Å². The minimum Gasteiger partial charge on any atom is -0.384 e. The van der Waals surface area contributed by atoms with E-state index in [-0.39, 0.29) is 0 Å². The van der Waals surface area contributed by atoms with Gasteiger partial charge in [-0.2, -0.15) is 0 Å². The normalized spacial score (nSPS) is 9.88. The molecule has 0 bridgehead atoms. The molecule has 0 aliphatic carbocycles. The number of anilines is 1. The molecule has 17 heavy (non-hydrogen) atoms. The second kappa shape index (κ2) is 4.61. The molecule has 0 spiro atoms. The lowest BCUT2D eigenvalue weighted by Gasteiger charge is -2.03. The van der Waals surface area contributed by atoms with E-state index in [1.165, 1.54) is 5.39 Å². The molecule has 3 rings (SSSR count). The van der Waals surface area contributed by atoms with Gasteiger partial charge in [-0.3, -0.25) is 0 Å². The first-order valence-electron chi connectivity index (χ1n) is 5.17. The Hall–Kier alpha value is -2.42. The first-order valence-corrected chi connectivity index (χ1v) is 5.17.